The van der Waals surface area contributed by atoms with Gasteiger partial charge in [-0.3, -0.25) is 4.90 Å². The van der Waals surface area contributed by atoms with Gasteiger partial charge in [0.2, 0.25) is 10.0 Å². The molecule has 2 aromatic carbocycles. The van der Waals surface area contributed by atoms with Crippen molar-refractivity contribution < 1.29 is 8.42 Å². The van der Waals surface area contributed by atoms with Crippen LogP contribution in [0.15, 0.2) is 53.4 Å². The number of hydrogen-bond donors (Lipinski definition) is 0. The Labute approximate surface area is 156 Å². The van der Waals surface area contributed by atoms with Gasteiger partial charge in [-0.2, -0.15) is 4.31 Å². The first kappa shape index (κ1) is 17.7. The number of aryl methyl sites for hydroxylation is 2. The Morgan fingerprint density at radius 2 is 1.50 bits per heavy atom. The van der Waals surface area contributed by atoms with Crippen molar-refractivity contribution in [2.75, 3.05) is 26.2 Å². The first-order valence-electron chi connectivity index (χ1n) is 9.51. The summed E-state index contributed by atoms with van der Waals surface area (Å²) in [6.07, 6.45) is 4.45. The van der Waals surface area contributed by atoms with Gasteiger partial charge in [0.15, 0.2) is 0 Å². The van der Waals surface area contributed by atoms with E-state index in [1.165, 1.54) is 23.1 Å². The summed E-state index contributed by atoms with van der Waals surface area (Å²) in [6, 6.07) is 16.1. The first-order chi connectivity index (χ1) is 12.6. The molecule has 4 rings (SSSR count). The fourth-order valence-electron chi connectivity index (χ4n) is 3.99. The highest BCUT2D eigenvalue weighted by atomic mass is 32.2. The summed E-state index contributed by atoms with van der Waals surface area (Å²) < 4.78 is 27.7. The summed E-state index contributed by atoms with van der Waals surface area (Å²) in [5.74, 6) is 0. The van der Waals surface area contributed by atoms with E-state index < -0.39 is 10.0 Å². The molecule has 0 atom stereocenters. The second-order valence-electron chi connectivity index (χ2n) is 7.30. The molecule has 5 heteroatoms. The first-order valence-corrected chi connectivity index (χ1v) is 11.0. The molecule has 0 saturated carbocycles. The van der Waals surface area contributed by atoms with E-state index in [-0.39, 0.29) is 0 Å². The predicted molar refractivity (Wildman–Crippen MR) is 104 cm³/mol. The van der Waals surface area contributed by atoms with Gasteiger partial charge in [0, 0.05) is 32.7 Å². The topological polar surface area (TPSA) is 40.6 Å². The maximum absolute atomic E-state index is 13.0. The highest BCUT2D eigenvalue weighted by Gasteiger charge is 2.29. The lowest BCUT2D eigenvalue weighted by Gasteiger charge is -2.34. The average molecular weight is 371 g/mol. The normalized spacial score (nSPS) is 19.2. The van der Waals surface area contributed by atoms with Gasteiger partial charge < -0.3 is 0 Å². The largest absolute Gasteiger partial charge is 0.296 e. The van der Waals surface area contributed by atoms with Gasteiger partial charge in [0.1, 0.15) is 0 Å². The van der Waals surface area contributed by atoms with Crippen LogP contribution in [-0.2, 0) is 29.4 Å². The molecule has 0 aromatic heterocycles. The molecule has 0 bridgehead atoms. The molecule has 1 heterocycles. The minimum absolute atomic E-state index is 0.467. The van der Waals surface area contributed by atoms with Gasteiger partial charge in [-0.15, -0.1) is 0 Å². The van der Waals surface area contributed by atoms with Gasteiger partial charge in [-0.1, -0.05) is 36.4 Å². The predicted octanol–water partition coefficient (Wildman–Crippen LogP) is 3.07. The quantitative estimate of drug-likeness (QED) is 0.830. The van der Waals surface area contributed by atoms with Crippen molar-refractivity contribution in [1.29, 1.82) is 0 Å². The third-order valence-corrected chi connectivity index (χ3v) is 7.43. The average Bonchev–Trinajstić information content (AvgIpc) is 2.69. The van der Waals surface area contributed by atoms with Crippen LogP contribution in [-0.4, -0.2) is 43.8 Å². The summed E-state index contributed by atoms with van der Waals surface area (Å²) in [4.78, 5) is 2.79. The van der Waals surface area contributed by atoms with Crippen LogP contribution in [0.3, 0.4) is 0 Å². The van der Waals surface area contributed by atoms with E-state index in [9.17, 15) is 8.42 Å². The van der Waals surface area contributed by atoms with Crippen LogP contribution in [0.1, 0.15) is 29.5 Å². The van der Waals surface area contributed by atoms with E-state index >= 15 is 0 Å². The molecule has 1 aliphatic heterocycles. The molecule has 0 N–H and O–H groups in total. The monoisotopic (exact) mass is 370 g/mol. The number of fused-ring (bicyclic) bond motifs is 1. The van der Waals surface area contributed by atoms with Crippen molar-refractivity contribution in [3.63, 3.8) is 0 Å². The summed E-state index contributed by atoms with van der Waals surface area (Å²) in [7, 11) is -3.39. The second kappa shape index (κ2) is 7.51. The fraction of sp³-hybridized carbons (Fsp3) is 0.429. The van der Waals surface area contributed by atoms with Crippen LogP contribution in [0.2, 0.25) is 0 Å². The number of hydrogen-bond acceptors (Lipinski definition) is 3. The van der Waals surface area contributed by atoms with Crippen molar-refractivity contribution >= 4 is 10.0 Å². The smallest absolute Gasteiger partial charge is 0.243 e. The molecule has 4 nitrogen and oxygen atoms in total. The SMILES string of the molecule is O=S(=O)(c1ccc2c(c1)CCCC2)N1CCN(Cc2ccccc2)CC1. The highest BCUT2D eigenvalue weighted by Crippen LogP contribution is 2.26. The number of sulfonamides is 1. The zero-order valence-corrected chi connectivity index (χ0v) is 15.9. The molecule has 2 aliphatic rings. The second-order valence-corrected chi connectivity index (χ2v) is 9.24. The van der Waals surface area contributed by atoms with E-state index in [4.69, 9.17) is 0 Å². The third kappa shape index (κ3) is 3.70. The molecular weight excluding hydrogens is 344 g/mol. The number of benzene rings is 2. The van der Waals surface area contributed by atoms with Crippen LogP contribution in [0.4, 0.5) is 0 Å². The van der Waals surface area contributed by atoms with Crippen molar-refractivity contribution in [3.8, 4) is 0 Å². The molecule has 2 aromatic rings. The Morgan fingerprint density at radius 1 is 0.808 bits per heavy atom. The standard InChI is InChI=1S/C21H26N2O2S/c24-26(25,21-11-10-19-8-4-5-9-20(19)16-21)23-14-12-22(13-15-23)17-18-6-2-1-3-7-18/h1-3,6-7,10-11,16H,4-5,8-9,12-15,17H2. The molecule has 1 aliphatic carbocycles. The molecule has 1 saturated heterocycles. The summed E-state index contributed by atoms with van der Waals surface area (Å²) in [5.41, 5.74) is 3.82. The molecule has 0 amide bonds. The zero-order valence-electron chi connectivity index (χ0n) is 15.1. The van der Waals surface area contributed by atoms with Crippen molar-refractivity contribution in [2.24, 2.45) is 0 Å². The molecule has 138 valence electrons. The minimum Gasteiger partial charge on any atom is -0.296 e. The van der Waals surface area contributed by atoms with Gasteiger partial charge >= 0.3 is 0 Å². The summed E-state index contributed by atoms with van der Waals surface area (Å²) >= 11 is 0. The third-order valence-electron chi connectivity index (χ3n) is 5.54. The van der Waals surface area contributed by atoms with E-state index in [1.807, 2.05) is 30.3 Å². The maximum atomic E-state index is 13.0. The lowest BCUT2D eigenvalue weighted by atomic mass is 9.92. The Bertz CT molecular complexity index is 857. The molecule has 1 fully saturated rings. The number of nitrogens with zero attached hydrogens (tertiary/aromatic N) is 2. The zero-order chi connectivity index (χ0) is 18.0. The minimum atomic E-state index is -3.39. The Hall–Kier alpha value is -1.69. The van der Waals surface area contributed by atoms with E-state index in [0.717, 1.165) is 38.9 Å². The Kier molecular flexibility index (Phi) is 5.11. The van der Waals surface area contributed by atoms with Gasteiger partial charge in [-0.25, -0.2) is 8.42 Å². The number of piperazine rings is 1. The van der Waals surface area contributed by atoms with Crippen molar-refractivity contribution in [1.82, 2.24) is 9.21 Å². The van der Waals surface area contributed by atoms with Gasteiger partial charge in [-0.05, 0) is 54.5 Å². The van der Waals surface area contributed by atoms with Crippen LogP contribution in [0, 0.1) is 0 Å². The van der Waals surface area contributed by atoms with E-state index in [2.05, 4.69) is 17.0 Å². The van der Waals surface area contributed by atoms with E-state index in [1.54, 1.807) is 10.4 Å². The Morgan fingerprint density at radius 3 is 2.23 bits per heavy atom. The molecule has 0 spiro atoms. The van der Waals surface area contributed by atoms with Gasteiger partial charge in [0.05, 0.1) is 4.90 Å². The molecule has 0 unspecified atom stereocenters. The van der Waals surface area contributed by atoms with Crippen LogP contribution < -0.4 is 0 Å². The van der Waals surface area contributed by atoms with Crippen molar-refractivity contribution in [2.45, 2.75) is 37.1 Å². The fourth-order valence-corrected chi connectivity index (χ4v) is 5.46. The van der Waals surface area contributed by atoms with E-state index in [0.29, 0.717) is 18.0 Å². The molecule has 26 heavy (non-hydrogen) atoms. The molecular formula is C21H26N2O2S. The molecule has 0 radical (unpaired) electrons. The maximum Gasteiger partial charge on any atom is 0.243 e. The van der Waals surface area contributed by atoms with Crippen LogP contribution in [0.25, 0.3) is 0 Å². The van der Waals surface area contributed by atoms with Crippen LogP contribution in [0.5, 0.6) is 0 Å². The van der Waals surface area contributed by atoms with Gasteiger partial charge in [0.25, 0.3) is 0 Å². The summed E-state index contributed by atoms with van der Waals surface area (Å²) in [5, 5.41) is 0. The number of rotatable bonds is 4. The van der Waals surface area contributed by atoms with Crippen LogP contribution >= 0.6 is 0 Å². The van der Waals surface area contributed by atoms with Crippen molar-refractivity contribution in [3.05, 3.63) is 65.2 Å². The lowest BCUT2D eigenvalue weighted by molar-refractivity contribution is 0.181. The summed E-state index contributed by atoms with van der Waals surface area (Å²) in [6.45, 7) is 3.56. The highest BCUT2D eigenvalue weighted by molar-refractivity contribution is 7.89. The Balaban J connectivity index is 1.43. The lowest BCUT2D eigenvalue weighted by Crippen LogP contribution is -2.48.